The molecule has 2 heterocycles. The van der Waals surface area contributed by atoms with Gasteiger partial charge in [0.2, 0.25) is 5.91 Å². The molecule has 0 saturated carbocycles. The van der Waals surface area contributed by atoms with E-state index in [2.05, 4.69) is 10.6 Å². The molecular formula is C22H23FN4O3. The summed E-state index contributed by atoms with van der Waals surface area (Å²) in [4.78, 5) is 40.4. The monoisotopic (exact) mass is 410 g/mol. The minimum Gasteiger partial charge on any atom is -0.339 e. The molecule has 2 fully saturated rings. The Bertz CT molecular complexity index is 955. The van der Waals surface area contributed by atoms with Crippen LogP contribution in [0.4, 0.5) is 20.6 Å². The van der Waals surface area contributed by atoms with Gasteiger partial charge in [-0.25, -0.2) is 9.18 Å². The van der Waals surface area contributed by atoms with E-state index >= 15 is 0 Å². The first kappa shape index (κ1) is 19.9. The summed E-state index contributed by atoms with van der Waals surface area (Å²) in [6.07, 6.45) is 1.12. The van der Waals surface area contributed by atoms with E-state index in [0.29, 0.717) is 50.3 Å². The summed E-state index contributed by atoms with van der Waals surface area (Å²) in [5.41, 5.74) is 1.83. The number of halogens is 1. The molecule has 0 bridgehead atoms. The number of likely N-dealkylation sites (tertiary alicyclic amines) is 1. The van der Waals surface area contributed by atoms with Crippen LogP contribution in [-0.2, 0) is 4.79 Å². The van der Waals surface area contributed by atoms with Gasteiger partial charge in [-0.15, -0.1) is 0 Å². The second-order valence-electron chi connectivity index (χ2n) is 7.50. The van der Waals surface area contributed by atoms with Gasteiger partial charge in [0, 0.05) is 49.0 Å². The molecular weight excluding hydrogens is 387 g/mol. The molecule has 0 unspecified atom stereocenters. The zero-order chi connectivity index (χ0) is 21.1. The molecule has 0 spiro atoms. The van der Waals surface area contributed by atoms with Gasteiger partial charge in [-0.05, 0) is 55.3 Å². The maximum Gasteiger partial charge on any atom is 0.321 e. The van der Waals surface area contributed by atoms with Gasteiger partial charge in [0.1, 0.15) is 5.82 Å². The first-order valence-electron chi connectivity index (χ1n) is 10.0. The highest BCUT2D eigenvalue weighted by molar-refractivity contribution is 5.97. The van der Waals surface area contributed by atoms with Crippen molar-refractivity contribution in [2.75, 3.05) is 36.4 Å². The Labute approximate surface area is 173 Å². The molecule has 30 heavy (non-hydrogen) atoms. The van der Waals surface area contributed by atoms with Crippen molar-refractivity contribution < 1.29 is 18.8 Å². The fourth-order valence-corrected chi connectivity index (χ4v) is 3.83. The molecule has 156 valence electrons. The van der Waals surface area contributed by atoms with Crippen molar-refractivity contribution in [2.24, 2.45) is 5.92 Å². The number of amides is 4. The maximum atomic E-state index is 13.1. The SMILES string of the molecule is O=C(Nc1cccc(N2CCNC2=O)c1)C1CCN(C(=O)c2ccc(F)cc2)CC1. The Balaban J connectivity index is 1.33. The summed E-state index contributed by atoms with van der Waals surface area (Å²) in [6, 6.07) is 12.6. The van der Waals surface area contributed by atoms with Crippen molar-refractivity contribution in [2.45, 2.75) is 12.8 Å². The number of nitrogens with one attached hydrogen (secondary N) is 2. The van der Waals surface area contributed by atoms with Crippen LogP contribution in [0.1, 0.15) is 23.2 Å². The number of carbonyl (C=O) groups excluding carboxylic acids is 3. The van der Waals surface area contributed by atoms with E-state index in [9.17, 15) is 18.8 Å². The number of nitrogens with zero attached hydrogens (tertiary/aromatic N) is 2. The first-order chi connectivity index (χ1) is 14.5. The molecule has 2 aromatic rings. The molecule has 8 heteroatoms. The Morgan fingerprint density at radius 3 is 2.43 bits per heavy atom. The lowest BCUT2D eigenvalue weighted by molar-refractivity contribution is -0.121. The maximum absolute atomic E-state index is 13.1. The van der Waals surface area contributed by atoms with E-state index in [1.807, 2.05) is 6.07 Å². The van der Waals surface area contributed by atoms with Crippen molar-refractivity contribution in [3.05, 3.63) is 59.9 Å². The molecule has 0 aliphatic carbocycles. The second-order valence-corrected chi connectivity index (χ2v) is 7.50. The van der Waals surface area contributed by atoms with Crippen LogP contribution < -0.4 is 15.5 Å². The van der Waals surface area contributed by atoms with Crippen LogP contribution in [0.5, 0.6) is 0 Å². The van der Waals surface area contributed by atoms with Gasteiger partial charge in [-0.3, -0.25) is 14.5 Å². The van der Waals surface area contributed by atoms with Crippen LogP contribution in [0.2, 0.25) is 0 Å². The highest BCUT2D eigenvalue weighted by Gasteiger charge is 2.28. The predicted molar refractivity (Wildman–Crippen MR) is 111 cm³/mol. The Morgan fingerprint density at radius 2 is 1.77 bits per heavy atom. The van der Waals surface area contributed by atoms with Crippen molar-refractivity contribution in [1.29, 1.82) is 0 Å². The number of carbonyl (C=O) groups is 3. The topological polar surface area (TPSA) is 81.8 Å². The summed E-state index contributed by atoms with van der Waals surface area (Å²) in [6.45, 7) is 2.14. The molecule has 2 aliphatic rings. The van der Waals surface area contributed by atoms with Crippen LogP contribution in [0.3, 0.4) is 0 Å². The summed E-state index contributed by atoms with van der Waals surface area (Å²) in [5, 5.41) is 5.69. The van der Waals surface area contributed by atoms with Gasteiger partial charge < -0.3 is 15.5 Å². The Hall–Kier alpha value is -3.42. The lowest BCUT2D eigenvalue weighted by atomic mass is 9.95. The number of rotatable bonds is 4. The molecule has 4 amide bonds. The van der Waals surface area contributed by atoms with Crippen molar-refractivity contribution in [3.63, 3.8) is 0 Å². The molecule has 2 saturated heterocycles. The lowest BCUT2D eigenvalue weighted by Gasteiger charge is -2.31. The number of hydrogen-bond donors (Lipinski definition) is 2. The molecule has 0 atom stereocenters. The first-order valence-corrected chi connectivity index (χ1v) is 10.0. The summed E-state index contributed by atoms with van der Waals surface area (Å²) in [7, 11) is 0. The minimum absolute atomic E-state index is 0.0908. The van der Waals surface area contributed by atoms with Gasteiger partial charge in [-0.1, -0.05) is 6.07 Å². The van der Waals surface area contributed by atoms with Crippen LogP contribution in [0.25, 0.3) is 0 Å². The third-order valence-corrected chi connectivity index (χ3v) is 5.53. The summed E-state index contributed by atoms with van der Waals surface area (Å²) < 4.78 is 13.1. The van der Waals surface area contributed by atoms with Crippen LogP contribution in [0.15, 0.2) is 48.5 Å². The highest BCUT2D eigenvalue weighted by Crippen LogP contribution is 2.24. The minimum atomic E-state index is -0.378. The highest BCUT2D eigenvalue weighted by atomic mass is 19.1. The quantitative estimate of drug-likeness (QED) is 0.813. The largest absolute Gasteiger partial charge is 0.339 e. The fraction of sp³-hybridized carbons (Fsp3) is 0.318. The molecule has 0 radical (unpaired) electrons. The van der Waals surface area contributed by atoms with E-state index in [1.165, 1.54) is 24.3 Å². The zero-order valence-corrected chi connectivity index (χ0v) is 16.4. The molecule has 2 aromatic carbocycles. The Kier molecular flexibility index (Phi) is 5.65. The van der Waals surface area contributed by atoms with Gasteiger partial charge >= 0.3 is 6.03 Å². The number of urea groups is 1. The van der Waals surface area contributed by atoms with Gasteiger partial charge in [0.25, 0.3) is 5.91 Å². The molecule has 0 aromatic heterocycles. The van der Waals surface area contributed by atoms with Gasteiger partial charge in [0.05, 0.1) is 0 Å². The average molecular weight is 410 g/mol. The van der Waals surface area contributed by atoms with Gasteiger partial charge in [0.15, 0.2) is 0 Å². The number of piperidine rings is 1. The predicted octanol–water partition coefficient (Wildman–Crippen LogP) is 2.85. The third-order valence-electron chi connectivity index (χ3n) is 5.53. The van der Waals surface area contributed by atoms with Crippen molar-refractivity contribution in [3.8, 4) is 0 Å². The standard InChI is InChI=1S/C22H23FN4O3/c23-17-6-4-16(5-7-17)21(29)26-11-8-15(9-12-26)20(28)25-18-2-1-3-19(14-18)27-13-10-24-22(27)30/h1-7,14-15H,8-13H2,(H,24,30)(H,25,28). The zero-order valence-electron chi connectivity index (χ0n) is 16.4. The fourth-order valence-electron chi connectivity index (χ4n) is 3.83. The van der Waals surface area contributed by atoms with Gasteiger partial charge in [-0.2, -0.15) is 0 Å². The summed E-state index contributed by atoms with van der Waals surface area (Å²) >= 11 is 0. The molecule has 4 rings (SSSR count). The van der Waals surface area contributed by atoms with Crippen LogP contribution >= 0.6 is 0 Å². The van der Waals surface area contributed by atoms with E-state index in [1.54, 1.807) is 28.0 Å². The normalized spacial score (nSPS) is 17.0. The number of benzene rings is 2. The third kappa shape index (κ3) is 4.27. The van der Waals surface area contributed by atoms with Crippen molar-refractivity contribution >= 4 is 29.2 Å². The number of hydrogen-bond acceptors (Lipinski definition) is 3. The average Bonchev–Trinajstić information content (AvgIpc) is 3.20. The van der Waals surface area contributed by atoms with E-state index in [-0.39, 0.29) is 29.6 Å². The Morgan fingerprint density at radius 1 is 1.03 bits per heavy atom. The lowest BCUT2D eigenvalue weighted by Crippen LogP contribution is -2.41. The summed E-state index contributed by atoms with van der Waals surface area (Å²) in [5.74, 6) is -0.810. The molecule has 2 N–H and O–H groups in total. The smallest absolute Gasteiger partial charge is 0.321 e. The van der Waals surface area contributed by atoms with E-state index < -0.39 is 0 Å². The molecule has 2 aliphatic heterocycles. The van der Waals surface area contributed by atoms with E-state index in [4.69, 9.17) is 0 Å². The number of anilines is 2. The van der Waals surface area contributed by atoms with Crippen molar-refractivity contribution in [1.82, 2.24) is 10.2 Å². The van der Waals surface area contributed by atoms with Crippen LogP contribution in [0, 0.1) is 11.7 Å². The van der Waals surface area contributed by atoms with E-state index in [0.717, 1.165) is 5.69 Å². The van der Waals surface area contributed by atoms with Crippen LogP contribution in [-0.4, -0.2) is 48.9 Å². The molecule has 7 nitrogen and oxygen atoms in total. The second kappa shape index (κ2) is 8.52.